The average molecular weight is 318 g/mol. The van der Waals surface area contributed by atoms with Crippen LogP contribution in [0, 0.1) is 0 Å². The van der Waals surface area contributed by atoms with Crippen molar-refractivity contribution in [2.45, 2.75) is 70.5 Å². The van der Waals surface area contributed by atoms with Gasteiger partial charge in [0.2, 0.25) is 0 Å². The Labute approximate surface area is 140 Å². The molecule has 1 aliphatic rings. The fraction of sp³-hybridized carbons (Fsp3) is 0.550. The van der Waals surface area contributed by atoms with Crippen LogP contribution >= 0.6 is 0 Å². The molecule has 1 N–H and O–H groups in total. The van der Waals surface area contributed by atoms with E-state index < -0.39 is 6.10 Å². The van der Waals surface area contributed by atoms with Crippen molar-refractivity contribution in [3.05, 3.63) is 48.6 Å². The molecule has 128 valence electrons. The Hall–Kier alpha value is -1.61. The minimum atomic E-state index is -0.585. The zero-order chi connectivity index (χ0) is 16.8. The van der Waals surface area contributed by atoms with Gasteiger partial charge in [0.25, 0.3) is 0 Å². The number of hydrogen-bond donors (Lipinski definition) is 1. The van der Waals surface area contributed by atoms with E-state index in [0.717, 1.165) is 38.5 Å². The minimum Gasteiger partial charge on any atom is -0.460 e. The molecule has 1 heterocycles. The summed E-state index contributed by atoms with van der Waals surface area (Å²) < 4.78 is 5.16. The molecule has 1 fully saturated rings. The van der Waals surface area contributed by atoms with Gasteiger partial charge in [-0.2, -0.15) is 0 Å². The van der Waals surface area contributed by atoms with E-state index in [-0.39, 0.29) is 12.1 Å². The molecule has 0 radical (unpaired) electrons. The minimum absolute atomic E-state index is 0.189. The summed E-state index contributed by atoms with van der Waals surface area (Å²) in [6.45, 7) is 2.14. The number of esters is 1. The molecule has 1 rings (SSSR count). The van der Waals surface area contributed by atoms with Gasteiger partial charge in [-0.05, 0) is 44.9 Å². The lowest BCUT2D eigenvalue weighted by molar-refractivity contribution is -0.160. The van der Waals surface area contributed by atoms with E-state index in [4.69, 9.17) is 4.74 Å². The number of allylic oxidation sites excluding steroid dienone is 7. The lowest BCUT2D eigenvalue weighted by Gasteiger charge is -2.25. The topological polar surface area (TPSA) is 46.5 Å². The van der Waals surface area contributed by atoms with Crippen molar-refractivity contribution >= 4 is 5.97 Å². The third kappa shape index (κ3) is 9.90. The third-order valence-corrected chi connectivity index (χ3v) is 3.68. The van der Waals surface area contributed by atoms with Crippen LogP contribution in [0.4, 0.5) is 0 Å². The van der Waals surface area contributed by atoms with Gasteiger partial charge < -0.3 is 9.84 Å². The molecule has 0 aromatic carbocycles. The summed E-state index contributed by atoms with van der Waals surface area (Å²) in [5.41, 5.74) is 0. The summed E-state index contributed by atoms with van der Waals surface area (Å²) in [4.78, 5) is 11.2. The highest BCUT2D eigenvalue weighted by Crippen LogP contribution is 2.18. The maximum absolute atomic E-state index is 11.2. The summed E-state index contributed by atoms with van der Waals surface area (Å²) in [6.07, 6.45) is 22.6. The number of carbonyl (C=O) groups is 1. The van der Waals surface area contributed by atoms with Gasteiger partial charge in [0.1, 0.15) is 6.10 Å². The molecule has 23 heavy (non-hydrogen) atoms. The lowest BCUT2D eigenvalue weighted by Crippen LogP contribution is -2.34. The number of carbonyl (C=O) groups excluding carboxylic acids is 1. The van der Waals surface area contributed by atoms with Crippen molar-refractivity contribution in [2.24, 2.45) is 0 Å². The molecule has 0 aliphatic carbocycles. The summed E-state index contributed by atoms with van der Waals surface area (Å²) in [5.74, 6) is -0.189. The van der Waals surface area contributed by atoms with Gasteiger partial charge in [0.15, 0.2) is 0 Å². The fourth-order valence-electron chi connectivity index (χ4n) is 2.37. The number of cyclic esters (lactones) is 1. The second-order valence-electron chi connectivity index (χ2n) is 5.72. The second-order valence-corrected chi connectivity index (χ2v) is 5.72. The Morgan fingerprint density at radius 2 is 1.61 bits per heavy atom. The van der Waals surface area contributed by atoms with Gasteiger partial charge in [-0.3, -0.25) is 4.79 Å². The Balaban J connectivity index is 2.08. The molecule has 0 aromatic rings. The largest absolute Gasteiger partial charge is 0.460 e. The molecule has 1 aliphatic heterocycles. The number of ether oxygens (including phenoxy) is 1. The Kier molecular flexibility index (Phi) is 10.9. The first-order chi connectivity index (χ1) is 11.2. The second kappa shape index (κ2) is 12.9. The molecule has 0 unspecified atom stereocenters. The fourth-order valence-corrected chi connectivity index (χ4v) is 2.37. The van der Waals surface area contributed by atoms with E-state index in [1.54, 1.807) is 0 Å². The van der Waals surface area contributed by atoms with E-state index in [1.165, 1.54) is 0 Å². The molecular weight excluding hydrogens is 288 g/mol. The average Bonchev–Trinajstić information content (AvgIpc) is 2.55. The van der Waals surface area contributed by atoms with Crippen LogP contribution in [0.5, 0.6) is 0 Å². The summed E-state index contributed by atoms with van der Waals surface area (Å²) in [5, 5.41) is 9.99. The maximum Gasteiger partial charge on any atom is 0.306 e. The van der Waals surface area contributed by atoms with Gasteiger partial charge in [-0.25, -0.2) is 0 Å². The lowest BCUT2D eigenvalue weighted by atomic mass is 10.0. The van der Waals surface area contributed by atoms with Crippen LogP contribution in [0.1, 0.15) is 58.3 Å². The van der Waals surface area contributed by atoms with Crippen LogP contribution in [0.15, 0.2) is 48.6 Å². The zero-order valence-corrected chi connectivity index (χ0v) is 14.2. The first-order valence-electron chi connectivity index (χ1n) is 8.71. The van der Waals surface area contributed by atoms with Crippen LogP contribution in [0.25, 0.3) is 0 Å². The van der Waals surface area contributed by atoms with Crippen LogP contribution in [0.3, 0.4) is 0 Å². The molecule has 0 aromatic heterocycles. The summed E-state index contributed by atoms with van der Waals surface area (Å²) in [7, 11) is 0. The third-order valence-electron chi connectivity index (χ3n) is 3.68. The highest BCUT2D eigenvalue weighted by atomic mass is 16.6. The first-order valence-corrected chi connectivity index (χ1v) is 8.71. The smallest absolute Gasteiger partial charge is 0.306 e. The molecule has 0 bridgehead atoms. The predicted molar refractivity (Wildman–Crippen MR) is 95.1 cm³/mol. The van der Waals surface area contributed by atoms with Gasteiger partial charge in [-0.1, -0.05) is 55.5 Å². The van der Waals surface area contributed by atoms with Crippen molar-refractivity contribution in [2.75, 3.05) is 0 Å². The Morgan fingerprint density at radius 3 is 2.17 bits per heavy atom. The number of hydrogen-bond acceptors (Lipinski definition) is 3. The molecule has 3 heteroatoms. The Morgan fingerprint density at radius 1 is 1.04 bits per heavy atom. The van der Waals surface area contributed by atoms with Crippen molar-refractivity contribution in [3.63, 3.8) is 0 Å². The summed E-state index contributed by atoms with van der Waals surface area (Å²) in [6, 6.07) is 0. The van der Waals surface area contributed by atoms with Gasteiger partial charge in [0, 0.05) is 6.42 Å². The van der Waals surface area contributed by atoms with Crippen molar-refractivity contribution in [1.82, 2.24) is 0 Å². The number of rotatable bonds is 10. The van der Waals surface area contributed by atoms with Gasteiger partial charge in [0.05, 0.1) is 6.10 Å². The molecule has 3 nitrogen and oxygen atoms in total. The van der Waals surface area contributed by atoms with Gasteiger partial charge >= 0.3 is 5.97 Å². The highest BCUT2D eigenvalue weighted by Gasteiger charge is 2.26. The molecule has 0 amide bonds. The van der Waals surface area contributed by atoms with Crippen LogP contribution in [-0.4, -0.2) is 23.3 Å². The highest BCUT2D eigenvalue weighted by molar-refractivity contribution is 5.70. The predicted octanol–water partition coefficient (Wildman–Crippen LogP) is 4.64. The quantitative estimate of drug-likeness (QED) is 0.471. The van der Waals surface area contributed by atoms with Crippen molar-refractivity contribution < 1.29 is 14.6 Å². The van der Waals surface area contributed by atoms with E-state index in [0.29, 0.717) is 12.8 Å². The van der Waals surface area contributed by atoms with Gasteiger partial charge in [-0.15, -0.1) is 0 Å². The normalized spacial score (nSPS) is 21.0. The van der Waals surface area contributed by atoms with Crippen LogP contribution in [0.2, 0.25) is 0 Å². The van der Waals surface area contributed by atoms with Crippen molar-refractivity contribution in [1.29, 1.82) is 0 Å². The number of aliphatic hydroxyl groups excluding tert-OH is 1. The molecular formula is C20H30O3. The SMILES string of the molecule is CC/C=C\C/C=C\C/C=C\C/C=C\C[C@H](O)[C@H]1CCCC(=O)O1. The van der Waals surface area contributed by atoms with Crippen molar-refractivity contribution in [3.8, 4) is 0 Å². The van der Waals surface area contributed by atoms with Crippen LogP contribution < -0.4 is 0 Å². The number of aliphatic hydroxyl groups is 1. The standard InChI is InChI=1S/C20H30O3/c1-2-3-4-5-6-7-8-9-10-11-12-13-15-18(21)19-16-14-17-20(22)23-19/h3-4,6-7,9-10,12-13,18-19,21H,2,5,8,11,14-17H2,1H3/b4-3-,7-6-,10-9-,13-12-/t18-,19+/m0/s1. The van der Waals surface area contributed by atoms with Crippen LogP contribution in [-0.2, 0) is 9.53 Å². The monoisotopic (exact) mass is 318 g/mol. The zero-order valence-electron chi connectivity index (χ0n) is 14.2. The first kappa shape index (κ1) is 19.4. The van der Waals surface area contributed by atoms with E-state index in [1.807, 2.05) is 12.2 Å². The maximum atomic E-state index is 11.2. The Bertz CT molecular complexity index is 432. The molecule has 0 spiro atoms. The van der Waals surface area contributed by atoms with E-state index in [9.17, 15) is 9.90 Å². The van der Waals surface area contributed by atoms with E-state index >= 15 is 0 Å². The molecule has 1 saturated heterocycles. The summed E-state index contributed by atoms with van der Waals surface area (Å²) >= 11 is 0. The molecule has 2 atom stereocenters. The van der Waals surface area contributed by atoms with E-state index in [2.05, 4.69) is 43.4 Å². The molecule has 0 saturated carbocycles.